The van der Waals surface area contributed by atoms with E-state index >= 15 is 0 Å². The first-order valence-electron chi connectivity index (χ1n) is 4.60. The average molecular weight is 221 g/mol. The van der Waals surface area contributed by atoms with E-state index in [4.69, 9.17) is 5.73 Å². The van der Waals surface area contributed by atoms with E-state index in [9.17, 15) is 13.2 Å². The quantitative estimate of drug-likeness (QED) is 0.819. The number of rotatable bonds is 2. The third-order valence-electron chi connectivity index (χ3n) is 2.46. The van der Waals surface area contributed by atoms with Crippen LogP contribution in [-0.2, 0) is 12.6 Å². The number of nitrogens with zero attached hydrogens (tertiary/aromatic N) is 2. The number of alkyl halides is 3. The van der Waals surface area contributed by atoms with Crippen molar-refractivity contribution in [3.8, 4) is 0 Å². The zero-order valence-corrected chi connectivity index (χ0v) is 7.79. The summed E-state index contributed by atoms with van der Waals surface area (Å²) in [5.41, 5.74) is 5.55. The molecular weight excluding hydrogens is 211 g/mol. The van der Waals surface area contributed by atoms with Crippen molar-refractivity contribution >= 4 is 0 Å². The molecule has 0 saturated heterocycles. The number of halogens is 3. The van der Waals surface area contributed by atoms with Gasteiger partial charge >= 0.3 is 6.18 Å². The highest BCUT2D eigenvalue weighted by Crippen LogP contribution is 2.30. The van der Waals surface area contributed by atoms with Crippen molar-refractivity contribution in [1.82, 2.24) is 10.1 Å². The third kappa shape index (κ3) is 2.28. The van der Waals surface area contributed by atoms with Crippen molar-refractivity contribution in [2.75, 3.05) is 0 Å². The van der Waals surface area contributed by atoms with Gasteiger partial charge in [0.25, 0.3) is 5.82 Å². The van der Waals surface area contributed by atoms with E-state index in [1.54, 1.807) is 0 Å². The predicted molar refractivity (Wildman–Crippen MR) is 43.7 cm³/mol. The molecule has 0 atom stereocenters. The summed E-state index contributed by atoms with van der Waals surface area (Å²) in [4.78, 5) is 3.28. The number of nitrogens with two attached hydrogens (primary N) is 1. The molecule has 4 nitrogen and oxygen atoms in total. The summed E-state index contributed by atoms with van der Waals surface area (Å²) in [7, 11) is 0. The molecule has 2 N–H and O–H groups in total. The molecular formula is C8H10F3N3O. The van der Waals surface area contributed by atoms with Crippen LogP contribution in [0.3, 0.4) is 0 Å². The third-order valence-corrected chi connectivity index (χ3v) is 2.46. The van der Waals surface area contributed by atoms with Crippen LogP contribution in [0.4, 0.5) is 13.2 Å². The number of aromatic nitrogens is 2. The van der Waals surface area contributed by atoms with Gasteiger partial charge in [0.05, 0.1) is 0 Å². The van der Waals surface area contributed by atoms with Crippen LogP contribution in [0.2, 0.25) is 0 Å². The second-order valence-corrected chi connectivity index (χ2v) is 3.81. The van der Waals surface area contributed by atoms with Crippen molar-refractivity contribution in [2.24, 2.45) is 11.7 Å². The predicted octanol–water partition coefficient (Wildman–Crippen LogP) is 1.37. The van der Waals surface area contributed by atoms with Gasteiger partial charge in [-0.1, -0.05) is 5.16 Å². The van der Waals surface area contributed by atoms with Crippen molar-refractivity contribution in [1.29, 1.82) is 0 Å². The Hall–Kier alpha value is -1.11. The molecule has 1 aliphatic carbocycles. The fourth-order valence-electron chi connectivity index (χ4n) is 1.65. The van der Waals surface area contributed by atoms with E-state index in [0.717, 1.165) is 12.8 Å². The minimum Gasteiger partial charge on any atom is -0.339 e. The molecule has 0 amide bonds. The van der Waals surface area contributed by atoms with Crippen molar-refractivity contribution in [2.45, 2.75) is 31.5 Å². The summed E-state index contributed by atoms with van der Waals surface area (Å²) in [6, 6.07) is 0.167. The SMILES string of the molecule is NC1CC(Cc2nc(C(F)(F)F)no2)C1. The first-order valence-corrected chi connectivity index (χ1v) is 4.60. The minimum absolute atomic E-state index is 0.0409. The Kier molecular flexibility index (Phi) is 2.41. The lowest BCUT2D eigenvalue weighted by molar-refractivity contribution is -0.146. The second-order valence-electron chi connectivity index (χ2n) is 3.81. The van der Waals surface area contributed by atoms with Crippen molar-refractivity contribution < 1.29 is 17.7 Å². The number of hydrogen-bond acceptors (Lipinski definition) is 4. The molecule has 7 heteroatoms. The van der Waals surface area contributed by atoms with Crippen LogP contribution in [0.1, 0.15) is 24.6 Å². The highest BCUT2D eigenvalue weighted by Gasteiger charge is 2.37. The Labute approximate surface area is 83.6 Å². The van der Waals surface area contributed by atoms with Crippen LogP contribution in [0, 0.1) is 5.92 Å². The first kappa shape index (κ1) is 10.4. The smallest absolute Gasteiger partial charge is 0.339 e. The average Bonchev–Trinajstić information content (AvgIpc) is 2.49. The normalized spacial score (nSPS) is 26.4. The van der Waals surface area contributed by atoms with Gasteiger partial charge in [0, 0.05) is 12.5 Å². The van der Waals surface area contributed by atoms with Gasteiger partial charge in [-0.25, -0.2) is 0 Å². The summed E-state index contributed by atoms with van der Waals surface area (Å²) in [5.74, 6) is -0.887. The van der Waals surface area contributed by atoms with Crippen molar-refractivity contribution in [3.63, 3.8) is 0 Å². The molecule has 1 aliphatic rings. The maximum absolute atomic E-state index is 12.1. The maximum atomic E-state index is 12.1. The molecule has 1 aromatic heterocycles. The summed E-state index contributed by atoms with van der Waals surface area (Å²) in [6.07, 6.45) is -2.53. The van der Waals surface area contributed by atoms with Gasteiger partial charge in [-0.2, -0.15) is 18.2 Å². The topological polar surface area (TPSA) is 64.9 Å². The standard InChI is InChI=1S/C8H10F3N3O/c9-8(10,11)7-13-6(15-14-7)3-4-1-5(12)2-4/h4-5H,1-3,12H2. The number of hydrogen-bond donors (Lipinski definition) is 1. The molecule has 1 fully saturated rings. The van der Waals surface area contributed by atoms with Crippen molar-refractivity contribution in [3.05, 3.63) is 11.7 Å². The molecule has 0 aromatic carbocycles. The first-order chi connectivity index (χ1) is 6.95. The molecule has 0 bridgehead atoms. The summed E-state index contributed by atoms with van der Waals surface area (Å²) < 4.78 is 40.8. The van der Waals surface area contributed by atoms with Gasteiger partial charge in [-0.05, 0) is 18.8 Å². The molecule has 1 aromatic rings. The van der Waals surface area contributed by atoms with Crippen LogP contribution in [0.5, 0.6) is 0 Å². The van der Waals surface area contributed by atoms with E-state index in [2.05, 4.69) is 14.7 Å². The second kappa shape index (κ2) is 3.48. The zero-order valence-electron chi connectivity index (χ0n) is 7.79. The van der Waals surface area contributed by atoms with Gasteiger partial charge in [0.1, 0.15) is 0 Å². The minimum atomic E-state index is -4.53. The summed E-state index contributed by atoms with van der Waals surface area (Å²) in [6.45, 7) is 0. The molecule has 84 valence electrons. The highest BCUT2D eigenvalue weighted by atomic mass is 19.4. The zero-order chi connectivity index (χ0) is 11.1. The lowest BCUT2D eigenvalue weighted by Crippen LogP contribution is -2.37. The molecule has 0 radical (unpaired) electrons. The summed E-state index contributed by atoms with van der Waals surface area (Å²) in [5, 5.41) is 2.88. The Morgan fingerprint density at radius 2 is 2.07 bits per heavy atom. The van der Waals surface area contributed by atoms with Crippen LogP contribution in [0.15, 0.2) is 4.52 Å². The van der Waals surface area contributed by atoms with Crippen LogP contribution in [-0.4, -0.2) is 16.2 Å². The Morgan fingerprint density at radius 3 is 2.53 bits per heavy atom. The molecule has 2 rings (SSSR count). The molecule has 1 heterocycles. The molecule has 1 saturated carbocycles. The van der Waals surface area contributed by atoms with Gasteiger partial charge in [0.15, 0.2) is 0 Å². The van der Waals surface area contributed by atoms with E-state index in [1.807, 2.05) is 0 Å². The van der Waals surface area contributed by atoms with Gasteiger partial charge in [0.2, 0.25) is 5.89 Å². The maximum Gasteiger partial charge on any atom is 0.455 e. The van der Waals surface area contributed by atoms with E-state index in [1.165, 1.54) is 0 Å². The highest BCUT2D eigenvalue weighted by molar-refractivity contribution is 4.94. The Morgan fingerprint density at radius 1 is 1.40 bits per heavy atom. The van der Waals surface area contributed by atoms with Crippen LogP contribution < -0.4 is 5.73 Å². The molecule has 0 spiro atoms. The summed E-state index contributed by atoms with van der Waals surface area (Å²) >= 11 is 0. The molecule has 0 unspecified atom stereocenters. The Balaban J connectivity index is 1.96. The van der Waals surface area contributed by atoms with E-state index in [0.29, 0.717) is 6.42 Å². The van der Waals surface area contributed by atoms with E-state index in [-0.39, 0.29) is 17.9 Å². The largest absolute Gasteiger partial charge is 0.455 e. The monoisotopic (exact) mass is 221 g/mol. The fraction of sp³-hybridized carbons (Fsp3) is 0.750. The van der Waals surface area contributed by atoms with Gasteiger partial charge in [-0.3, -0.25) is 0 Å². The lowest BCUT2D eigenvalue weighted by atomic mass is 9.79. The van der Waals surface area contributed by atoms with Crippen LogP contribution in [0.25, 0.3) is 0 Å². The van der Waals surface area contributed by atoms with Gasteiger partial charge < -0.3 is 10.3 Å². The Bertz CT molecular complexity index is 343. The van der Waals surface area contributed by atoms with Crippen LogP contribution >= 0.6 is 0 Å². The fourth-order valence-corrected chi connectivity index (χ4v) is 1.65. The lowest BCUT2D eigenvalue weighted by Gasteiger charge is -2.31. The molecule has 15 heavy (non-hydrogen) atoms. The van der Waals surface area contributed by atoms with E-state index < -0.39 is 12.0 Å². The van der Waals surface area contributed by atoms with Gasteiger partial charge in [-0.15, -0.1) is 0 Å². The molecule has 0 aliphatic heterocycles.